The Bertz CT molecular complexity index is 488. The Morgan fingerprint density at radius 2 is 2.28 bits per heavy atom. The van der Waals surface area contributed by atoms with Gasteiger partial charge in [0.2, 0.25) is 0 Å². The fraction of sp³-hybridized carbons (Fsp3) is 0.500. The van der Waals surface area contributed by atoms with Crippen molar-refractivity contribution in [2.24, 2.45) is 5.73 Å². The van der Waals surface area contributed by atoms with Crippen LogP contribution in [0.15, 0.2) is 27.5 Å². The Morgan fingerprint density at radius 1 is 1.50 bits per heavy atom. The summed E-state index contributed by atoms with van der Waals surface area (Å²) in [7, 11) is 0. The molecular weight excluding hydrogens is 234 g/mol. The van der Waals surface area contributed by atoms with Gasteiger partial charge in [-0.15, -0.1) is 0 Å². The zero-order chi connectivity index (χ0) is 13.2. The molecule has 0 saturated carbocycles. The Morgan fingerprint density at radius 3 is 2.89 bits per heavy atom. The van der Waals surface area contributed by atoms with E-state index in [2.05, 4.69) is 10.1 Å². The first-order valence-corrected chi connectivity index (χ1v) is 5.76. The first kappa shape index (κ1) is 12.8. The highest BCUT2D eigenvalue weighted by Gasteiger charge is 2.28. The molecule has 0 saturated heterocycles. The summed E-state index contributed by atoms with van der Waals surface area (Å²) in [4.78, 5) is 4.26. The van der Waals surface area contributed by atoms with Crippen molar-refractivity contribution in [2.75, 3.05) is 6.61 Å². The van der Waals surface area contributed by atoms with Gasteiger partial charge in [-0.25, -0.2) is 0 Å². The molecule has 0 fully saturated rings. The molecule has 0 radical (unpaired) electrons. The van der Waals surface area contributed by atoms with Crippen molar-refractivity contribution in [2.45, 2.75) is 32.4 Å². The van der Waals surface area contributed by atoms with E-state index < -0.39 is 5.54 Å². The molecule has 98 valence electrons. The van der Waals surface area contributed by atoms with Crippen LogP contribution in [0.3, 0.4) is 0 Å². The largest absolute Gasteiger partial charge is 0.472 e. The van der Waals surface area contributed by atoms with Crippen molar-refractivity contribution in [3.8, 4) is 11.5 Å². The molecule has 0 aliphatic rings. The van der Waals surface area contributed by atoms with Crippen molar-refractivity contribution >= 4 is 0 Å². The molecule has 2 rings (SSSR count). The molecule has 6 heteroatoms. The average Bonchev–Trinajstić information content (AvgIpc) is 2.96. The third-order valence-corrected chi connectivity index (χ3v) is 2.42. The zero-order valence-electron chi connectivity index (χ0n) is 10.7. The summed E-state index contributed by atoms with van der Waals surface area (Å²) in [6.45, 7) is 6.03. The second-order valence-corrected chi connectivity index (χ2v) is 4.71. The summed E-state index contributed by atoms with van der Waals surface area (Å²) in [5.74, 6) is 0.805. The first-order chi connectivity index (χ1) is 8.49. The molecule has 18 heavy (non-hydrogen) atoms. The molecule has 2 aromatic rings. The molecule has 0 bridgehead atoms. The number of nitrogens with zero attached hydrogens (tertiary/aromatic N) is 2. The SMILES string of the molecule is CC(C)OCC(C)(N)c1noc(-c2ccoc2)n1. The first-order valence-electron chi connectivity index (χ1n) is 5.76. The van der Waals surface area contributed by atoms with Gasteiger partial charge in [0.1, 0.15) is 11.8 Å². The minimum Gasteiger partial charge on any atom is -0.472 e. The average molecular weight is 251 g/mol. The fourth-order valence-electron chi connectivity index (χ4n) is 1.36. The standard InChI is InChI=1S/C12H17N3O3/c1-8(2)17-7-12(3,13)11-14-10(18-15-11)9-4-5-16-6-9/h4-6,8H,7,13H2,1-3H3. The summed E-state index contributed by atoms with van der Waals surface area (Å²) in [5, 5.41) is 3.89. The highest BCUT2D eigenvalue weighted by Crippen LogP contribution is 2.21. The van der Waals surface area contributed by atoms with E-state index in [0.29, 0.717) is 18.3 Å². The van der Waals surface area contributed by atoms with E-state index in [-0.39, 0.29) is 6.10 Å². The van der Waals surface area contributed by atoms with Gasteiger partial charge in [0, 0.05) is 0 Å². The van der Waals surface area contributed by atoms with E-state index in [1.165, 1.54) is 6.26 Å². The number of furan rings is 1. The van der Waals surface area contributed by atoms with E-state index in [9.17, 15) is 0 Å². The quantitative estimate of drug-likeness (QED) is 0.873. The van der Waals surface area contributed by atoms with E-state index in [4.69, 9.17) is 19.4 Å². The van der Waals surface area contributed by atoms with E-state index >= 15 is 0 Å². The van der Waals surface area contributed by atoms with Crippen molar-refractivity contribution in [3.05, 3.63) is 24.4 Å². The van der Waals surface area contributed by atoms with Crippen LogP contribution in [0.25, 0.3) is 11.5 Å². The fourth-order valence-corrected chi connectivity index (χ4v) is 1.36. The maximum Gasteiger partial charge on any atom is 0.261 e. The van der Waals surface area contributed by atoms with Crippen LogP contribution in [-0.4, -0.2) is 22.9 Å². The number of ether oxygens (including phenoxy) is 1. The smallest absolute Gasteiger partial charge is 0.261 e. The van der Waals surface area contributed by atoms with Crippen LogP contribution in [0.1, 0.15) is 26.6 Å². The highest BCUT2D eigenvalue weighted by atomic mass is 16.5. The predicted molar refractivity (Wildman–Crippen MR) is 64.6 cm³/mol. The van der Waals surface area contributed by atoms with E-state index in [1.807, 2.05) is 13.8 Å². The van der Waals surface area contributed by atoms with E-state index in [1.54, 1.807) is 19.3 Å². The second-order valence-electron chi connectivity index (χ2n) is 4.71. The minimum absolute atomic E-state index is 0.105. The molecule has 2 N–H and O–H groups in total. The highest BCUT2D eigenvalue weighted by molar-refractivity contribution is 5.49. The van der Waals surface area contributed by atoms with Gasteiger partial charge in [0.15, 0.2) is 5.82 Å². The van der Waals surface area contributed by atoms with Crippen LogP contribution in [0.5, 0.6) is 0 Å². The van der Waals surface area contributed by atoms with Gasteiger partial charge in [-0.05, 0) is 26.8 Å². The Labute approximate surface area is 105 Å². The second kappa shape index (κ2) is 4.91. The van der Waals surface area contributed by atoms with Crippen LogP contribution in [0, 0.1) is 0 Å². The van der Waals surface area contributed by atoms with Crippen LogP contribution in [-0.2, 0) is 10.3 Å². The van der Waals surface area contributed by atoms with Crippen LogP contribution >= 0.6 is 0 Å². The predicted octanol–water partition coefficient (Wildman–Crippen LogP) is 1.93. The lowest BCUT2D eigenvalue weighted by atomic mass is 10.1. The summed E-state index contributed by atoms with van der Waals surface area (Å²) >= 11 is 0. The number of nitrogens with two attached hydrogens (primary N) is 1. The van der Waals surface area contributed by atoms with Gasteiger partial charge in [0.05, 0.1) is 24.5 Å². The molecule has 0 spiro atoms. The summed E-state index contributed by atoms with van der Waals surface area (Å²) in [6.07, 6.45) is 3.19. The molecule has 1 unspecified atom stereocenters. The Hall–Kier alpha value is -1.66. The van der Waals surface area contributed by atoms with Crippen LogP contribution in [0.2, 0.25) is 0 Å². The minimum atomic E-state index is -0.782. The van der Waals surface area contributed by atoms with Crippen molar-refractivity contribution in [1.29, 1.82) is 0 Å². The van der Waals surface area contributed by atoms with Gasteiger partial charge in [-0.3, -0.25) is 0 Å². The maximum absolute atomic E-state index is 6.12. The molecular formula is C12H17N3O3. The van der Waals surface area contributed by atoms with Gasteiger partial charge < -0.3 is 19.4 Å². The Balaban J connectivity index is 2.14. The van der Waals surface area contributed by atoms with Gasteiger partial charge in [0.25, 0.3) is 5.89 Å². The van der Waals surface area contributed by atoms with Gasteiger partial charge in [-0.2, -0.15) is 4.98 Å². The molecule has 2 heterocycles. The monoisotopic (exact) mass is 251 g/mol. The lowest BCUT2D eigenvalue weighted by molar-refractivity contribution is 0.0410. The third kappa shape index (κ3) is 2.77. The van der Waals surface area contributed by atoms with Gasteiger partial charge >= 0.3 is 0 Å². The topological polar surface area (TPSA) is 87.3 Å². The number of aromatic nitrogens is 2. The molecule has 0 aromatic carbocycles. The third-order valence-electron chi connectivity index (χ3n) is 2.42. The zero-order valence-corrected chi connectivity index (χ0v) is 10.7. The molecule has 6 nitrogen and oxygen atoms in total. The molecule has 2 aromatic heterocycles. The van der Waals surface area contributed by atoms with E-state index in [0.717, 1.165) is 5.56 Å². The molecule has 0 amide bonds. The van der Waals surface area contributed by atoms with Crippen molar-refractivity contribution in [3.63, 3.8) is 0 Å². The molecule has 0 aliphatic heterocycles. The van der Waals surface area contributed by atoms with Crippen molar-refractivity contribution < 1.29 is 13.7 Å². The summed E-state index contributed by atoms with van der Waals surface area (Å²) < 4.78 is 15.6. The lowest BCUT2D eigenvalue weighted by Gasteiger charge is -2.21. The number of hydrogen-bond donors (Lipinski definition) is 1. The molecule has 0 aliphatic carbocycles. The summed E-state index contributed by atoms with van der Waals surface area (Å²) in [5.41, 5.74) is 6.07. The maximum atomic E-state index is 6.12. The van der Waals surface area contributed by atoms with Crippen molar-refractivity contribution in [1.82, 2.24) is 10.1 Å². The number of hydrogen-bond acceptors (Lipinski definition) is 6. The van der Waals surface area contributed by atoms with Crippen LogP contribution < -0.4 is 5.73 Å². The lowest BCUT2D eigenvalue weighted by Crippen LogP contribution is -2.40. The van der Waals surface area contributed by atoms with Crippen LogP contribution in [0.4, 0.5) is 0 Å². The molecule has 1 atom stereocenters. The Kier molecular flexibility index (Phi) is 3.49. The van der Waals surface area contributed by atoms with Gasteiger partial charge in [-0.1, -0.05) is 5.16 Å². The summed E-state index contributed by atoms with van der Waals surface area (Å²) in [6, 6.07) is 1.75. The number of rotatable bonds is 5. The normalized spacial score (nSPS) is 14.9.